The maximum absolute atomic E-state index is 8.76. The first-order valence-electron chi connectivity index (χ1n) is 6.77. The van der Waals surface area contributed by atoms with E-state index >= 15 is 0 Å². The number of hydrogen-bond acceptors (Lipinski definition) is 6. The van der Waals surface area contributed by atoms with Gasteiger partial charge < -0.3 is 16.0 Å². The van der Waals surface area contributed by atoms with Gasteiger partial charge in [0.1, 0.15) is 17.5 Å². The highest BCUT2D eigenvalue weighted by molar-refractivity contribution is 5.49. The Bertz CT molecular complexity index is 504. The SMILES string of the molecule is N#Cc1cnc(NC[C@@H]2CCN(C3CC3)C2)nc1N. The fourth-order valence-electron chi connectivity index (χ4n) is 2.60. The van der Waals surface area contributed by atoms with Crippen molar-refractivity contribution in [1.29, 1.82) is 5.26 Å². The second kappa shape index (κ2) is 5.02. The minimum Gasteiger partial charge on any atom is -0.382 e. The summed E-state index contributed by atoms with van der Waals surface area (Å²) in [6.45, 7) is 3.26. The molecule has 1 aliphatic carbocycles. The lowest BCUT2D eigenvalue weighted by atomic mass is 10.1. The van der Waals surface area contributed by atoms with Crippen LogP contribution in [-0.4, -0.2) is 40.5 Å². The van der Waals surface area contributed by atoms with Crippen LogP contribution in [0.15, 0.2) is 6.20 Å². The van der Waals surface area contributed by atoms with E-state index in [1.165, 1.54) is 38.5 Å². The average Bonchev–Trinajstić information content (AvgIpc) is 3.16. The van der Waals surface area contributed by atoms with Crippen LogP contribution in [0.25, 0.3) is 0 Å². The maximum Gasteiger partial charge on any atom is 0.224 e. The minimum absolute atomic E-state index is 0.242. The molecule has 2 aliphatic rings. The minimum atomic E-state index is 0.242. The Balaban J connectivity index is 1.52. The Morgan fingerprint density at radius 3 is 3.00 bits per heavy atom. The fraction of sp³-hybridized carbons (Fsp3) is 0.615. The summed E-state index contributed by atoms with van der Waals surface area (Å²) in [6.07, 6.45) is 5.44. The van der Waals surface area contributed by atoms with E-state index < -0.39 is 0 Å². The van der Waals surface area contributed by atoms with E-state index in [9.17, 15) is 0 Å². The molecule has 0 unspecified atom stereocenters. The number of nitrogens with one attached hydrogen (secondary N) is 1. The monoisotopic (exact) mass is 258 g/mol. The molecule has 0 bridgehead atoms. The average molecular weight is 258 g/mol. The Morgan fingerprint density at radius 1 is 1.47 bits per heavy atom. The molecule has 1 aromatic heterocycles. The molecule has 1 atom stereocenters. The van der Waals surface area contributed by atoms with Crippen molar-refractivity contribution < 1.29 is 0 Å². The van der Waals surface area contributed by atoms with Gasteiger partial charge in [-0.1, -0.05) is 0 Å². The van der Waals surface area contributed by atoms with Gasteiger partial charge >= 0.3 is 0 Å². The van der Waals surface area contributed by atoms with E-state index in [0.717, 1.165) is 12.6 Å². The van der Waals surface area contributed by atoms with Crippen molar-refractivity contribution in [2.24, 2.45) is 5.92 Å². The highest BCUT2D eigenvalue weighted by atomic mass is 15.2. The van der Waals surface area contributed by atoms with Gasteiger partial charge in [0, 0.05) is 19.1 Å². The van der Waals surface area contributed by atoms with Crippen molar-refractivity contribution in [3.8, 4) is 6.07 Å². The van der Waals surface area contributed by atoms with Crippen LogP contribution >= 0.6 is 0 Å². The van der Waals surface area contributed by atoms with Crippen molar-refractivity contribution in [3.63, 3.8) is 0 Å². The van der Waals surface area contributed by atoms with E-state index in [4.69, 9.17) is 11.0 Å². The van der Waals surface area contributed by atoms with Crippen LogP contribution < -0.4 is 11.1 Å². The third kappa shape index (κ3) is 2.76. The molecule has 0 radical (unpaired) electrons. The van der Waals surface area contributed by atoms with E-state index in [1.807, 2.05) is 6.07 Å². The number of aromatic nitrogens is 2. The molecule has 2 heterocycles. The molecule has 2 fully saturated rings. The summed E-state index contributed by atoms with van der Waals surface area (Å²) in [5, 5.41) is 12.0. The van der Waals surface area contributed by atoms with Crippen LogP contribution in [0.5, 0.6) is 0 Å². The molecule has 1 aromatic rings. The van der Waals surface area contributed by atoms with Crippen molar-refractivity contribution in [3.05, 3.63) is 11.8 Å². The Hall–Kier alpha value is -1.87. The van der Waals surface area contributed by atoms with Gasteiger partial charge in [0.2, 0.25) is 5.95 Å². The Kier molecular flexibility index (Phi) is 3.22. The van der Waals surface area contributed by atoms with E-state index in [1.54, 1.807) is 0 Å². The zero-order valence-electron chi connectivity index (χ0n) is 10.8. The summed E-state index contributed by atoms with van der Waals surface area (Å²) < 4.78 is 0. The van der Waals surface area contributed by atoms with Crippen LogP contribution in [0.4, 0.5) is 11.8 Å². The lowest BCUT2D eigenvalue weighted by Crippen LogP contribution is -2.25. The lowest BCUT2D eigenvalue weighted by molar-refractivity contribution is 0.316. The van der Waals surface area contributed by atoms with Crippen molar-refractivity contribution in [2.75, 3.05) is 30.7 Å². The molecular formula is C13H18N6. The Morgan fingerprint density at radius 2 is 2.32 bits per heavy atom. The molecule has 3 N–H and O–H groups in total. The van der Waals surface area contributed by atoms with Crippen molar-refractivity contribution >= 4 is 11.8 Å². The third-order valence-electron chi connectivity index (χ3n) is 3.87. The lowest BCUT2D eigenvalue weighted by Gasteiger charge is -2.15. The van der Waals surface area contributed by atoms with Gasteiger partial charge in [0.15, 0.2) is 0 Å². The molecule has 19 heavy (non-hydrogen) atoms. The first-order chi connectivity index (χ1) is 9.26. The molecule has 0 amide bonds. The predicted molar refractivity (Wildman–Crippen MR) is 72.4 cm³/mol. The van der Waals surface area contributed by atoms with E-state index in [-0.39, 0.29) is 5.82 Å². The van der Waals surface area contributed by atoms with Gasteiger partial charge in [-0.15, -0.1) is 0 Å². The normalized spacial score (nSPS) is 23.2. The van der Waals surface area contributed by atoms with Crippen molar-refractivity contribution in [1.82, 2.24) is 14.9 Å². The van der Waals surface area contributed by atoms with Gasteiger partial charge in [-0.05, 0) is 31.7 Å². The molecule has 6 nitrogen and oxygen atoms in total. The summed E-state index contributed by atoms with van der Waals surface area (Å²) >= 11 is 0. The number of anilines is 2. The summed E-state index contributed by atoms with van der Waals surface area (Å²) in [6, 6.07) is 2.81. The number of nitrogens with zero attached hydrogens (tertiary/aromatic N) is 4. The molecule has 0 spiro atoms. The quantitative estimate of drug-likeness (QED) is 0.831. The van der Waals surface area contributed by atoms with Gasteiger partial charge in [0.25, 0.3) is 0 Å². The van der Waals surface area contributed by atoms with E-state index in [2.05, 4.69) is 20.2 Å². The smallest absolute Gasteiger partial charge is 0.224 e. The summed E-state index contributed by atoms with van der Waals surface area (Å²) in [5.41, 5.74) is 5.99. The van der Waals surface area contributed by atoms with E-state index in [0.29, 0.717) is 17.4 Å². The zero-order valence-corrected chi connectivity index (χ0v) is 10.8. The van der Waals surface area contributed by atoms with Crippen LogP contribution in [0.2, 0.25) is 0 Å². The topological polar surface area (TPSA) is 90.9 Å². The first kappa shape index (κ1) is 12.2. The van der Waals surface area contributed by atoms with Crippen LogP contribution in [0, 0.1) is 17.2 Å². The number of hydrogen-bond donors (Lipinski definition) is 2. The van der Waals surface area contributed by atoms with Gasteiger partial charge in [-0.2, -0.15) is 10.2 Å². The molecule has 1 saturated heterocycles. The molecule has 1 aliphatic heterocycles. The van der Waals surface area contributed by atoms with Gasteiger partial charge in [-0.3, -0.25) is 0 Å². The first-order valence-corrected chi connectivity index (χ1v) is 6.77. The summed E-state index contributed by atoms with van der Waals surface area (Å²) in [5.74, 6) is 1.41. The molecule has 100 valence electrons. The zero-order chi connectivity index (χ0) is 13.2. The van der Waals surface area contributed by atoms with Crippen LogP contribution in [0.1, 0.15) is 24.8 Å². The maximum atomic E-state index is 8.76. The number of nitriles is 1. The van der Waals surface area contributed by atoms with Gasteiger partial charge in [0.05, 0.1) is 6.20 Å². The molecule has 1 saturated carbocycles. The van der Waals surface area contributed by atoms with Crippen molar-refractivity contribution in [2.45, 2.75) is 25.3 Å². The largest absolute Gasteiger partial charge is 0.382 e. The predicted octanol–water partition coefficient (Wildman–Crippen LogP) is 0.827. The second-order valence-corrected chi connectivity index (χ2v) is 5.37. The molecule has 3 rings (SSSR count). The highest BCUT2D eigenvalue weighted by Crippen LogP contribution is 2.31. The number of nitrogens with two attached hydrogens (primary N) is 1. The third-order valence-corrected chi connectivity index (χ3v) is 3.87. The number of nitrogen functional groups attached to an aromatic ring is 1. The number of likely N-dealkylation sites (tertiary alicyclic amines) is 1. The number of rotatable bonds is 4. The Labute approximate surface area is 112 Å². The highest BCUT2D eigenvalue weighted by Gasteiger charge is 2.34. The molecular weight excluding hydrogens is 240 g/mol. The standard InChI is InChI=1S/C13H18N6/c14-5-10-7-17-13(18-12(10)15)16-6-9-3-4-19(8-9)11-1-2-11/h7,9,11H,1-4,6,8H2,(H3,15,16,17,18)/t9-/m0/s1. The van der Waals surface area contributed by atoms with Crippen LogP contribution in [-0.2, 0) is 0 Å². The molecule has 0 aromatic carbocycles. The fourth-order valence-corrected chi connectivity index (χ4v) is 2.60. The summed E-state index contributed by atoms with van der Waals surface area (Å²) in [7, 11) is 0. The second-order valence-electron chi connectivity index (χ2n) is 5.37. The van der Waals surface area contributed by atoms with Gasteiger partial charge in [-0.25, -0.2) is 4.98 Å². The summed E-state index contributed by atoms with van der Waals surface area (Å²) in [4.78, 5) is 10.8. The molecule has 6 heteroatoms. The van der Waals surface area contributed by atoms with Crippen LogP contribution in [0.3, 0.4) is 0 Å².